The molecule has 0 saturated carbocycles. The Labute approximate surface area is 77.3 Å². The van der Waals surface area contributed by atoms with E-state index in [1.54, 1.807) is 20.8 Å². The van der Waals surface area contributed by atoms with Gasteiger partial charge in [0.2, 0.25) is 0 Å². The molecule has 3 N–H and O–H groups in total. The van der Waals surface area contributed by atoms with E-state index >= 15 is 0 Å². The van der Waals surface area contributed by atoms with E-state index in [2.05, 4.69) is 12.2 Å². The Kier molecular flexibility index (Phi) is 3.45. The Morgan fingerprint density at radius 2 is 2.00 bits per heavy atom. The first kappa shape index (κ1) is 11.2. The molecule has 0 spiro atoms. The van der Waals surface area contributed by atoms with Crippen LogP contribution in [0.1, 0.15) is 20.8 Å². The molecule has 0 atom stereocenters. The third kappa shape index (κ3) is 3.52. The largest absolute Gasteiger partial charge is 0.465 e. The zero-order valence-corrected chi connectivity index (χ0v) is 8.31. The number of hydrogen-bond donors (Lipinski definition) is 2. The maximum Gasteiger partial charge on any atom is 0.408 e. The summed E-state index contributed by atoms with van der Waals surface area (Å²) in [7, 11) is 0. The van der Waals surface area contributed by atoms with Crippen LogP contribution in [0.15, 0.2) is 0 Å². The molecule has 4 nitrogen and oxygen atoms in total. The summed E-state index contributed by atoms with van der Waals surface area (Å²) in [6.07, 6.45) is -1.00. The summed E-state index contributed by atoms with van der Waals surface area (Å²) in [5.41, 5.74) is 4.79. The molecule has 0 radical (unpaired) electrons. The molecule has 0 aliphatic heterocycles. The molecular weight excluding hydrogens is 176 g/mol. The number of rotatable bonds is 2. The first-order chi connectivity index (χ1) is 5.25. The lowest BCUT2D eigenvalue weighted by atomic mass is 10.1. The second kappa shape index (κ2) is 3.71. The third-order valence-corrected chi connectivity index (χ3v) is 1.48. The molecule has 0 aromatic heterocycles. The monoisotopic (exact) mass is 190 g/mol. The number of hydrogen-bond acceptors (Lipinski definition) is 2. The normalized spacial score (nSPS) is 10.9. The van der Waals surface area contributed by atoms with Crippen molar-refractivity contribution in [2.24, 2.45) is 5.73 Å². The Morgan fingerprint density at radius 3 is 2.08 bits per heavy atom. The van der Waals surface area contributed by atoms with Gasteiger partial charge in [-0.1, -0.05) is 12.2 Å². The third-order valence-electron chi connectivity index (χ3n) is 1.35. The highest BCUT2D eigenvalue weighted by molar-refractivity contribution is 7.80. The van der Waals surface area contributed by atoms with Crippen LogP contribution in [0.25, 0.3) is 0 Å². The summed E-state index contributed by atoms with van der Waals surface area (Å²) in [6.45, 7) is 5.48. The van der Waals surface area contributed by atoms with Crippen LogP contribution < -0.4 is 5.73 Å². The van der Waals surface area contributed by atoms with Crippen LogP contribution in [0.2, 0.25) is 0 Å². The molecule has 0 aromatic carbocycles. The fourth-order valence-corrected chi connectivity index (χ4v) is 0.877. The number of amides is 1. The molecule has 1 amide bonds. The Bertz CT molecular complexity index is 198. The van der Waals surface area contributed by atoms with Crippen LogP contribution in [0.3, 0.4) is 0 Å². The lowest BCUT2D eigenvalue weighted by Gasteiger charge is -2.32. The molecule has 0 saturated heterocycles. The van der Waals surface area contributed by atoms with E-state index in [0.717, 1.165) is 0 Å². The summed E-state index contributed by atoms with van der Waals surface area (Å²) in [4.78, 5) is 12.1. The van der Waals surface area contributed by atoms with Gasteiger partial charge >= 0.3 is 6.09 Å². The molecular formula is C7H14N2O2S. The second-order valence-electron chi connectivity index (χ2n) is 3.51. The Hall–Kier alpha value is -0.840. The van der Waals surface area contributed by atoms with Gasteiger partial charge in [0.25, 0.3) is 0 Å². The average Bonchev–Trinajstić information content (AvgIpc) is 1.79. The van der Waals surface area contributed by atoms with Gasteiger partial charge < -0.3 is 10.8 Å². The van der Waals surface area contributed by atoms with Gasteiger partial charge in [-0.25, -0.2) is 4.79 Å². The van der Waals surface area contributed by atoms with Crippen molar-refractivity contribution in [2.75, 3.05) is 6.54 Å². The average molecular weight is 190 g/mol. The van der Waals surface area contributed by atoms with Crippen LogP contribution in [-0.2, 0) is 0 Å². The quantitative estimate of drug-likeness (QED) is 0.639. The van der Waals surface area contributed by atoms with Crippen molar-refractivity contribution in [2.45, 2.75) is 26.3 Å². The lowest BCUT2D eigenvalue weighted by Crippen LogP contribution is -2.48. The van der Waals surface area contributed by atoms with Gasteiger partial charge in [-0.2, -0.15) is 0 Å². The van der Waals surface area contributed by atoms with E-state index in [9.17, 15) is 4.79 Å². The summed E-state index contributed by atoms with van der Waals surface area (Å²) in [5.74, 6) is 0. The van der Waals surface area contributed by atoms with Gasteiger partial charge in [0.05, 0.1) is 11.5 Å². The van der Waals surface area contributed by atoms with Gasteiger partial charge in [0, 0.05) is 5.54 Å². The van der Waals surface area contributed by atoms with E-state index < -0.39 is 11.6 Å². The van der Waals surface area contributed by atoms with E-state index in [0.29, 0.717) is 0 Å². The van der Waals surface area contributed by atoms with Crippen LogP contribution >= 0.6 is 12.2 Å². The van der Waals surface area contributed by atoms with Crippen molar-refractivity contribution in [3.63, 3.8) is 0 Å². The SMILES string of the molecule is CC(C)(C)N(CC(N)=S)C(=O)O. The molecule has 0 aliphatic carbocycles. The molecule has 0 heterocycles. The Morgan fingerprint density at radius 1 is 1.58 bits per heavy atom. The van der Waals surface area contributed by atoms with E-state index in [-0.39, 0.29) is 11.5 Å². The van der Waals surface area contributed by atoms with Crippen LogP contribution in [0.4, 0.5) is 4.79 Å². The highest BCUT2D eigenvalue weighted by Gasteiger charge is 2.26. The molecule has 5 heteroatoms. The number of nitrogens with two attached hydrogens (primary N) is 1. The minimum Gasteiger partial charge on any atom is -0.465 e. The molecule has 0 aromatic rings. The van der Waals surface area contributed by atoms with Gasteiger partial charge in [0.1, 0.15) is 0 Å². The molecule has 70 valence electrons. The van der Waals surface area contributed by atoms with Gasteiger partial charge in [-0.05, 0) is 20.8 Å². The summed E-state index contributed by atoms with van der Waals surface area (Å²) in [5, 5.41) is 8.77. The second-order valence-corrected chi connectivity index (χ2v) is 4.03. The number of carboxylic acid groups (broad SMARTS) is 1. The fourth-order valence-electron chi connectivity index (χ4n) is 0.748. The van der Waals surface area contributed by atoms with Gasteiger partial charge in [-0.3, -0.25) is 4.90 Å². The van der Waals surface area contributed by atoms with E-state index in [1.807, 2.05) is 0 Å². The summed E-state index contributed by atoms with van der Waals surface area (Å²) < 4.78 is 0. The van der Waals surface area contributed by atoms with Crippen molar-refractivity contribution in [3.05, 3.63) is 0 Å². The highest BCUT2D eigenvalue weighted by Crippen LogP contribution is 2.12. The van der Waals surface area contributed by atoms with Crippen molar-refractivity contribution in [1.82, 2.24) is 4.90 Å². The van der Waals surface area contributed by atoms with Crippen molar-refractivity contribution in [3.8, 4) is 0 Å². The lowest BCUT2D eigenvalue weighted by molar-refractivity contribution is 0.111. The predicted molar refractivity (Wildman–Crippen MR) is 51.3 cm³/mol. The molecule has 12 heavy (non-hydrogen) atoms. The predicted octanol–water partition coefficient (Wildman–Crippen LogP) is 1.05. The summed E-state index contributed by atoms with van der Waals surface area (Å²) in [6, 6.07) is 0. The zero-order chi connectivity index (χ0) is 9.94. The Balaban J connectivity index is 4.46. The standard InChI is InChI=1S/C7H14N2O2S/c1-7(2,3)9(6(10)11)4-5(8)12/h4H2,1-3H3,(H2,8,12)(H,10,11). The van der Waals surface area contributed by atoms with Gasteiger partial charge in [-0.15, -0.1) is 0 Å². The molecule has 0 fully saturated rings. The minimum atomic E-state index is -1.00. The fraction of sp³-hybridized carbons (Fsp3) is 0.714. The van der Waals surface area contributed by atoms with Crippen LogP contribution in [0, 0.1) is 0 Å². The smallest absolute Gasteiger partial charge is 0.408 e. The molecule has 0 unspecified atom stereocenters. The van der Waals surface area contributed by atoms with Gasteiger partial charge in [0.15, 0.2) is 0 Å². The van der Waals surface area contributed by atoms with E-state index in [4.69, 9.17) is 10.8 Å². The van der Waals surface area contributed by atoms with E-state index in [1.165, 1.54) is 4.90 Å². The van der Waals surface area contributed by atoms with Crippen molar-refractivity contribution in [1.29, 1.82) is 0 Å². The summed E-state index contributed by atoms with van der Waals surface area (Å²) >= 11 is 4.63. The first-order valence-corrected chi connectivity index (χ1v) is 3.95. The molecule has 0 bridgehead atoms. The maximum absolute atomic E-state index is 10.7. The first-order valence-electron chi connectivity index (χ1n) is 3.54. The molecule has 0 rings (SSSR count). The maximum atomic E-state index is 10.7. The molecule has 0 aliphatic rings. The number of thiocarbonyl (C=S) groups is 1. The van der Waals surface area contributed by atoms with Crippen molar-refractivity contribution < 1.29 is 9.90 Å². The highest BCUT2D eigenvalue weighted by atomic mass is 32.1. The minimum absolute atomic E-state index is 0.105. The number of nitrogens with zero attached hydrogens (tertiary/aromatic N) is 1. The number of carbonyl (C=O) groups is 1. The topological polar surface area (TPSA) is 66.6 Å². The van der Waals surface area contributed by atoms with Crippen LogP contribution in [-0.4, -0.2) is 33.2 Å². The zero-order valence-electron chi connectivity index (χ0n) is 7.50. The van der Waals surface area contributed by atoms with Crippen molar-refractivity contribution >= 4 is 23.3 Å². The van der Waals surface area contributed by atoms with Crippen LogP contribution in [0.5, 0.6) is 0 Å².